The molecule has 0 saturated carbocycles. The van der Waals surface area contributed by atoms with Crippen LogP contribution < -0.4 is 15.4 Å². The van der Waals surface area contributed by atoms with E-state index in [0.29, 0.717) is 5.02 Å². The van der Waals surface area contributed by atoms with Crippen LogP contribution in [-0.2, 0) is 0 Å². The Morgan fingerprint density at radius 2 is 1.83 bits per heavy atom. The highest BCUT2D eigenvalue weighted by atomic mass is 35.5. The topological polar surface area (TPSA) is 33.3 Å². The SMILES string of the molecule is Fc1ccc(Cl)cc1NC(=S)Nc1cccc(OC(F)(F)F)c1. The highest BCUT2D eigenvalue weighted by molar-refractivity contribution is 7.80. The highest BCUT2D eigenvalue weighted by Gasteiger charge is 2.31. The number of alkyl halides is 3. The van der Waals surface area contributed by atoms with Crippen LogP contribution in [0.2, 0.25) is 5.02 Å². The molecule has 0 amide bonds. The Morgan fingerprint density at radius 3 is 2.52 bits per heavy atom. The zero-order valence-corrected chi connectivity index (χ0v) is 12.8. The Balaban J connectivity index is 2.05. The fourth-order valence-electron chi connectivity index (χ4n) is 1.65. The van der Waals surface area contributed by atoms with E-state index < -0.39 is 17.9 Å². The third-order valence-corrected chi connectivity index (χ3v) is 2.94. The molecular formula is C14H9ClF4N2OS. The second-order valence-corrected chi connectivity index (χ2v) is 5.12. The van der Waals surface area contributed by atoms with Gasteiger partial charge in [0.15, 0.2) is 5.11 Å². The molecule has 23 heavy (non-hydrogen) atoms. The molecule has 9 heteroatoms. The first-order valence-corrected chi connectivity index (χ1v) is 6.90. The summed E-state index contributed by atoms with van der Waals surface area (Å²) in [4.78, 5) is 0. The van der Waals surface area contributed by atoms with E-state index in [0.717, 1.165) is 18.2 Å². The molecule has 0 aliphatic rings. The van der Waals surface area contributed by atoms with Crippen LogP contribution in [0.15, 0.2) is 42.5 Å². The van der Waals surface area contributed by atoms with Crippen molar-refractivity contribution in [2.24, 2.45) is 0 Å². The van der Waals surface area contributed by atoms with Crippen molar-refractivity contribution in [2.45, 2.75) is 6.36 Å². The van der Waals surface area contributed by atoms with Crippen LogP contribution in [0.4, 0.5) is 28.9 Å². The predicted octanol–water partition coefficient (Wildman–Crippen LogP) is 5.19. The molecule has 2 aromatic rings. The van der Waals surface area contributed by atoms with Crippen LogP contribution in [0.5, 0.6) is 5.75 Å². The minimum atomic E-state index is -4.79. The number of hydrogen-bond acceptors (Lipinski definition) is 2. The number of halogens is 5. The van der Waals surface area contributed by atoms with Crippen LogP contribution in [-0.4, -0.2) is 11.5 Å². The molecule has 0 fully saturated rings. The number of hydrogen-bond donors (Lipinski definition) is 2. The lowest BCUT2D eigenvalue weighted by Gasteiger charge is -2.13. The Morgan fingerprint density at radius 1 is 1.09 bits per heavy atom. The van der Waals surface area contributed by atoms with Crippen molar-refractivity contribution in [3.05, 3.63) is 53.3 Å². The molecule has 3 nitrogen and oxygen atoms in total. The van der Waals surface area contributed by atoms with Crippen molar-refractivity contribution in [1.29, 1.82) is 0 Å². The van der Waals surface area contributed by atoms with Gasteiger partial charge < -0.3 is 15.4 Å². The number of rotatable bonds is 3. The molecule has 122 valence electrons. The van der Waals surface area contributed by atoms with Gasteiger partial charge >= 0.3 is 6.36 Å². The number of nitrogens with one attached hydrogen (secondary N) is 2. The number of ether oxygens (including phenoxy) is 1. The Labute approximate surface area is 139 Å². The van der Waals surface area contributed by atoms with E-state index in [1.807, 2.05) is 0 Å². The summed E-state index contributed by atoms with van der Waals surface area (Å²) in [6, 6.07) is 8.94. The van der Waals surface area contributed by atoms with E-state index in [-0.39, 0.29) is 16.5 Å². The zero-order chi connectivity index (χ0) is 17.0. The first-order chi connectivity index (χ1) is 10.7. The predicted molar refractivity (Wildman–Crippen MR) is 84.4 cm³/mol. The van der Waals surface area contributed by atoms with Crippen molar-refractivity contribution in [3.63, 3.8) is 0 Å². The normalized spacial score (nSPS) is 11.0. The highest BCUT2D eigenvalue weighted by Crippen LogP contribution is 2.25. The lowest BCUT2D eigenvalue weighted by Crippen LogP contribution is -2.20. The minimum absolute atomic E-state index is 0.0182. The second-order valence-electron chi connectivity index (χ2n) is 4.28. The maximum atomic E-state index is 13.6. The molecule has 0 aromatic heterocycles. The zero-order valence-electron chi connectivity index (χ0n) is 11.2. The van der Waals surface area contributed by atoms with E-state index in [2.05, 4.69) is 15.4 Å². The lowest BCUT2D eigenvalue weighted by molar-refractivity contribution is -0.274. The van der Waals surface area contributed by atoms with Crippen molar-refractivity contribution < 1.29 is 22.3 Å². The first-order valence-electron chi connectivity index (χ1n) is 6.12. The average molecular weight is 365 g/mol. The van der Waals surface area contributed by atoms with E-state index >= 15 is 0 Å². The quantitative estimate of drug-likeness (QED) is 0.580. The van der Waals surface area contributed by atoms with Gasteiger partial charge in [0.25, 0.3) is 0 Å². The lowest BCUT2D eigenvalue weighted by atomic mass is 10.3. The van der Waals surface area contributed by atoms with Gasteiger partial charge in [-0.3, -0.25) is 0 Å². The maximum Gasteiger partial charge on any atom is 0.573 e. The first kappa shape index (κ1) is 17.3. The van der Waals surface area contributed by atoms with Gasteiger partial charge in [-0.15, -0.1) is 13.2 Å². The van der Waals surface area contributed by atoms with E-state index in [1.165, 1.54) is 24.3 Å². The molecular weight excluding hydrogens is 356 g/mol. The molecule has 0 unspecified atom stereocenters. The Hall–Kier alpha value is -2.06. The van der Waals surface area contributed by atoms with Crippen LogP contribution in [0.25, 0.3) is 0 Å². The average Bonchev–Trinajstić information content (AvgIpc) is 2.41. The minimum Gasteiger partial charge on any atom is -0.406 e. The number of benzene rings is 2. The van der Waals surface area contributed by atoms with Crippen molar-refractivity contribution in [1.82, 2.24) is 0 Å². The molecule has 2 aromatic carbocycles. The molecule has 0 aliphatic heterocycles. The van der Waals surface area contributed by atoms with E-state index in [1.54, 1.807) is 0 Å². The Bertz CT molecular complexity index is 724. The third kappa shape index (κ3) is 5.57. The molecule has 0 radical (unpaired) electrons. The molecule has 0 bridgehead atoms. The summed E-state index contributed by atoms with van der Waals surface area (Å²) in [5.41, 5.74) is 0.282. The van der Waals surface area contributed by atoms with Crippen molar-refractivity contribution in [2.75, 3.05) is 10.6 Å². The van der Waals surface area contributed by atoms with Gasteiger partial charge in [0, 0.05) is 16.8 Å². The molecule has 0 spiro atoms. The van der Waals surface area contributed by atoms with Crippen LogP contribution in [0.1, 0.15) is 0 Å². The summed E-state index contributed by atoms with van der Waals surface area (Å²) in [6.07, 6.45) is -4.79. The van der Waals surface area contributed by atoms with Gasteiger partial charge in [-0.1, -0.05) is 17.7 Å². The third-order valence-electron chi connectivity index (χ3n) is 2.50. The van der Waals surface area contributed by atoms with Gasteiger partial charge in [-0.25, -0.2) is 4.39 Å². The van der Waals surface area contributed by atoms with Crippen molar-refractivity contribution in [3.8, 4) is 5.75 Å². The van der Waals surface area contributed by atoms with Gasteiger partial charge in [0.1, 0.15) is 11.6 Å². The van der Waals surface area contributed by atoms with Crippen molar-refractivity contribution >= 4 is 40.3 Å². The molecule has 0 saturated heterocycles. The molecule has 2 N–H and O–H groups in total. The monoisotopic (exact) mass is 364 g/mol. The number of anilines is 2. The molecule has 0 atom stereocenters. The fraction of sp³-hybridized carbons (Fsp3) is 0.0714. The van der Waals surface area contributed by atoms with Gasteiger partial charge in [0.05, 0.1) is 5.69 Å². The summed E-state index contributed by atoms with van der Waals surface area (Å²) < 4.78 is 53.9. The maximum absolute atomic E-state index is 13.6. The fourth-order valence-corrected chi connectivity index (χ4v) is 2.05. The van der Waals surface area contributed by atoms with Crippen LogP contribution in [0, 0.1) is 5.82 Å². The standard InChI is InChI=1S/C14H9ClF4N2OS/c15-8-4-5-11(16)12(6-8)21-13(23)20-9-2-1-3-10(7-9)22-14(17,18)19/h1-7H,(H2,20,21,23). The summed E-state index contributed by atoms with van der Waals surface area (Å²) in [7, 11) is 0. The molecule has 0 heterocycles. The van der Waals surface area contributed by atoms with Gasteiger partial charge in [-0.2, -0.15) is 0 Å². The summed E-state index contributed by atoms with van der Waals surface area (Å²) in [5, 5.41) is 5.48. The van der Waals surface area contributed by atoms with E-state index in [9.17, 15) is 17.6 Å². The summed E-state index contributed by atoms with van der Waals surface area (Å²) in [6.45, 7) is 0. The number of thiocarbonyl (C=S) groups is 1. The summed E-state index contributed by atoms with van der Waals surface area (Å²) >= 11 is 10.7. The largest absolute Gasteiger partial charge is 0.573 e. The van der Waals surface area contributed by atoms with Crippen LogP contribution >= 0.6 is 23.8 Å². The van der Waals surface area contributed by atoms with Gasteiger partial charge in [-0.05, 0) is 42.5 Å². The molecule has 2 rings (SSSR count). The molecule has 0 aliphatic carbocycles. The second kappa shape index (κ2) is 7.01. The Kier molecular flexibility index (Phi) is 5.27. The smallest absolute Gasteiger partial charge is 0.406 e. The summed E-state index contributed by atoms with van der Waals surface area (Å²) in [5.74, 6) is -0.980. The van der Waals surface area contributed by atoms with E-state index in [4.69, 9.17) is 23.8 Å². The van der Waals surface area contributed by atoms with Crippen LogP contribution in [0.3, 0.4) is 0 Å². The van der Waals surface area contributed by atoms with Gasteiger partial charge in [0.2, 0.25) is 0 Å².